The minimum Gasteiger partial charge on any atom is -0.372 e. The van der Waals surface area contributed by atoms with Crippen molar-refractivity contribution in [2.24, 2.45) is 0 Å². The zero-order valence-corrected chi connectivity index (χ0v) is 10.1. The van der Waals surface area contributed by atoms with E-state index in [1.807, 2.05) is 0 Å². The Labute approximate surface area is 88.4 Å². The maximum Gasteiger partial charge on any atom is 0.0631 e. The van der Waals surface area contributed by atoms with Gasteiger partial charge in [0.05, 0.1) is 11.7 Å². The quantitative estimate of drug-likeness (QED) is 0.735. The van der Waals surface area contributed by atoms with Gasteiger partial charge in [0.15, 0.2) is 0 Å². The van der Waals surface area contributed by atoms with Gasteiger partial charge in [0, 0.05) is 6.04 Å². The van der Waals surface area contributed by atoms with Crippen LogP contribution in [0.15, 0.2) is 0 Å². The standard InChI is InChI=1S/C12H25NO/c1-5-13-10(2)6-7-11-8-9-12(3,4)14-11/h10-11,13H,5-9H2,1-4H3. The fourth-order valence-corrected chi connectivity index (χ4v) is 2.17. The van der Waals surface area contributed by atoms with Crippen LogP contribution in [0.1, 0.15) is 53.4 Å². The lowest BCUT2D eigenvalue weighted by atomic mass is 10.0. The normalized spacial score (nSPS) is 27.9. The average Bonchev–Trinajstić information content (AvgIpc) is 2.43. The summed E-state index contributed by atoms with van der Waals surface area (Å²) in [7, 11) is 0. The third kappa shape index (κ3) is 3.97. The second-order valence-corrected chi connectivity index (χ2v) is 5.07. The van der Waals surface area contributed by atoms with Gasteiger partial charge >= 0.3 is 0 Å². The van der Waals surface area contributed by atoms with E-state index in [0.717, 1.165) is 6.54 Å². The topological polar surface area (TPSA) is 21.3 Å². The summed E-state index contributed by atoms with van der Waals surface area (Å²) < 4.78 is 5.95. The van der Waals surface area contributed by atoms with Gasteiger partial charge in [-0.05, 0) is 53.0 Å². The molecular formula is C12H25NO. The van der Waals surface area contributed by atoms with Crippen LogP contribution in [0.2, 0.25) is 0 Å². The maximum absolute atomic E-state index is 5.95. The Morgan fingerprint density at radius 1 is 1.50 bits per heavy atom. The van der Waals surface area contributed by atoms with Gasteiger partial charge in [-0.15, -0.1) is 0 Å². The van der Waals surface area contributed by atoms with E-state index < -0.39 is 0 Å². The molecule has 0 aromatic heterocycles. The molecule has 0 aliphatic carbocycles. The smallest absolute Gasteiger partial charge is 0.0631 e. The van der Waals surface area contributed by atoms with Crippen LogP contribution >= 0.6 is 0 Å². The minimum absolute atomic E-state index is 0.131. The van der Waals surface area contributed by atoms with Crippen LogP contribution < -0.4 is 5.32 Å². The first kappa shape index (κ1) is 12.0. The molecule has 1 aliphatic rings. The van der Waals surface area contributed by atoms with Gasteiger partial charge in [-0.25, -0.2) is 0 Å². The first-order valence-electron chi connectivity index (χ1n) is 5.94. The molecule has 0 saturated carbocycles. The second-order valence-electron chi connectivity index (χ2n) is 5.07. The summed E-state index contributed by atoms with van der Waals surface area (Å²) in [6, 6.07) is 0.632. The molecule has 2 atom stereocenters. The highest BCUT2D eigenvalue weighted by Crippen LogP contribution is 2.31. The molecule has 1 heterocycles. The Balaban J connectivity index is 2.14. The third-order valence-corrected chi connectivity index (χ3v) is 3.03. The van der Waals surface area contributed by atoms with Crippen molar-refractivity contribution >= 4 is 0 Å². The molecule has 0 aromatic rings. The van der Waals surface area contributed by atoms with Crippen LogP contribution in [0.3, 0.4) is 0 Å². The van der Waals surface area contributed by atoms with Crippen molar-refractivity contribution in [3.05, 3.63) is 0 Å². The van der Waals surface area contributed by atoms with Crippen molar-refractivity contribution in [2.45, 2.75) is 71.1 Å². The first-order valence-corrected chi connectivity index (χ1v) is 5.94. The van der Waals surface area contributed by atoms with E-state index in [1.165, 1.54) is 25.7 Å². The Bertz CT molecular complexity index is 168. The van der Waals surface area contributed by atoms with Crippen LogP contribution in [0.4, 0.5) is 0 Å². The highest BCUT2D eigenvalue weighted by molar-refractivity contribution is 4.81. The van der Waals surface area contributed by atoms with Crippen LogP contribution in [0.5, 0.6) is 0 Å². The lowest BCUT2D eigenvalue weighted by molar-refractivity contribution is -0.0196. The van der Waals surface area contributed by atoms with Crippen LogP contribution in [-0.4, -0.2) is 24.3 Å². The summed E-state index contributed by atoms with van der Waals surface area (Å²) in [5.41, 5.74) is 0.131. The van der Waals surface area contributed by atoms with Crippen molar-refractivity contribution in [1.82, 2.24) is 5.32 Å². The number of rotatable bonds is 5. The summed E-state index contributed by atoms with van der Waals surface area (Å²) in [5.74, 6) is 0. The molecule has 1 fully saturated rings. The molecule has 0 radical (unpaired) electrons. The predicted molar refractivity (Wildman–Crippen MR) is 60.6 cm³/mol. The Hall–Kier alpha value is -0.0800. The van der Waals surface area contributed by atoms with Crippen molar-refractivity contribution < 1.29 is 4.74 Å². The Kier molecular flexibility index (Phi) is 4.39. The molecule has 1 rings (SSSR count). The first-order chi connectivity index (χ1) is 6.53. The second kappa shape index (κ2) is 5.13. The SMILES string of the molecule is CCNC(C)CCC1CCC(C)(C)O1. The van der Waals surface area contributed by atoms with Gasteiger partial charge in [-0.3, -0.25) is 0 Å². The van der Waals surface area contributed by atoms with E-state index in [4.69, 9.17) is 4.74 Å². The van der Waals surface area contributed by atoms with Crippen molar-refractivity contribution in [2.75, 3.05) is 6.54 Å². The molecule has 14 heavy (non-hydrogen) atoms. The van der Waals surface area contributed by atoms with E-state index in [2.05, 4.69) is 33.0 Å². The van der Waals surface area contributed by atoms with Crippen molar-refractivity contribution in [3.63, 3.8) is 0 Å². The Morgan fingerprint density at radius 3 is 2.71 bits per heavy atom. The number of hydrogen-bond donors (Lipinski definition) is 1. The largest absolute Gasteiger partial charge is 0.372 e. The molecule has 1 saturated heterocycles. The van der Waals surface area contributed by atoms with Crippen LogP contribution in [-0.2, 0) is 4.74 Å². The number of nitrogens with one attached hydrogen (secondary N) is 1. The molecule has 0 aromatic carbocycles. The highest BCUT2D eigenvalue weighted by Gasteiger charge is 2.31. The van der Waals surface area contributed by atoms with Crippen molar-refractivity contribution in [3.8, 4) is 0 Å². The Morgan fingerprint density at radius 2 is 2.21 bits per heavy atom. The summed E-state index contributed by atoms with van der Waals surface area (Å²) in [6.07, 6.45) is 5.40. The fraction of sp³-hybridized carbons (Fsp3) is 1.00. The van der Waals surface area contributed by atoms with E-state index in [1.54, 1.807) is 0 Å². The predicted octanol–water partition coefficient (Wildman–Crippen LogP) is 2.72. The lowest BCUT2D eigenvalue weighted by Crippen LogP contribution is -2.27. The average molecular weight is 199 g/mol. The van der Waals surface area contributed by atoms with Gasteiger partial charge < -0.3 is 10.1 Å². The fourth-order valence-electron chi connectivity index (χ4n) is 2.17. The summed E-state index contributed by atoms with van der Waals surface area (Å²) in [6.45, 7) is 9.87. The zero-order chi connectivity index (χ0) is 10.6. The van der Waals surface area contributed by atoms with Crippen LogP contribution in [0, 0.1) is 0 Å². The summed E-state index contributed by atoms with van der Waals surface area (Å²) in [5, 5.41) is 3.43. The van der Waals surface area contributed by atoms with Crippen LogP contribution in [0.25, 0.3) is 0 Å². The van der Waals surface area contributed by atoms with E-state index in [0.29, 0.717) is 12.1 Å². The maximum atomic E-state index is 5.95. The van der Waals surface area contributed by atoms with Gasteiger partial charge in [0.2, 0.25) is 0 Å². The highest BCUT2D eigenvalue weighted by atomic mass is 16.5. The molecule has 0 spiro atoms. The molecule has 1 aliphatic heterocycles. The molecule has 0 amide bonds. The lowest BCUT2D eigenvalue weighted by Gasteiger charge is -2.20. The van der Waals surface area contributed by atoms with E-state index in [-0.39, 0.29) is 5.60 Å². The van der Waals surface area contributed by atoms with E-state index in [9.17, 15) is 0 Å². The number of ether oxygens (including phenoxy) is 1. The van der Waals surface area contributed by atoms with E-state index >= 15 is 0 Å². The summed E-state index contributed by atoms with van der Waals surface area (Å²) >= 11 is 0. The molecule has 84 valence electrons. The molecule has 2 nitrogen and oxygen atoms in total. The summed E-state index contributed by atoms with van der Waals surface area (Å²) in [4.78, 5) is 0. The third-order valence-electron chi connectivity index (χ3n) is 3.03. The molecule has 2 unspecified atom stereocenters. The zero-order valence-electron chi connectivity index (χ0n) is 10.1. The monoisotopic (exact) mass is 199 g/mol. The molecular weight excluding hydrogens is 174 g/mol. The van der Waals surface area contributed by atoms with Gasteiger partial charge in [-0.1, -0.05) is 6.92 Å². The number of hydrogen-bond acceptors (Lipinski definition) is 2. The van der Waals surface area contributed by atoms with Gasteiger partial charge in [0.25, 0.3) is 0 Å². The van der Waals surface area contributed by atoms with Gasteiger partial charge in [-0.2, -0.15) is 0 Å². The van der Waals surface area contributed by atoms with Crippen molar-refractivity contribution in [1.29, 1.82) is 0 Å². The molecule has 0 bridgehead atoms. The minimum atomic E-state index is 0.131. The molecule has 2 heteroatoms. The van der Waals surface area contributed by atoms with Gasteiger partial charge in [0.1, 0.15) is 0 Å². The molecule has 1 N–H and O–H groups in total.